The van der Waals surface area contributed by atoms with Crippen molar-refractivity contribution in [3.63, 3.8) is 0 Å². The third-order valence-electron chi connectivity index (χ3n) is 4.07. The predicted molar refractivity (Wildman–Crippen MR) is 97.7 cm³/mol. The Labute approximate surface area is 149 Å². The quantitative estimate of drug-likeness (QED) is 0.737. The van der Waals surface area contributed by atoms with E-state index in [1.807, 2.05) is 12.1 Å². The minimum atomic E-state index is -0.225. The van der Waals surface area contributed by atoms with Gasteiger partial charge < -0.3 is 4.90 Å². The molecule has 0 spiro atoms. The fraction of sp³-hybridized carbons (Fsp3) is 0.222. The Bertz CT molecular complexity index is 832. The number of anilines is 2. The molecule has 2 heterocycles. The van der Waals surface area contributed by atoms with Crippen LogP contribution in [0.4, 0.5) is 10.9 Å². The molecule has 1 fully saturated rings. The van der Waals surface area contributed by atoms with Gasteiger partial charge in [-0.25, -0.2) is 4.98 Å². The third kappa shape index (κ3) is 3.83. The summed E-state index contributed by atoms with van der Waals surface area (Å²) >= 11 is 1.28. The molecule has 2 aromatic heterocycles. The molecular formula is C18H17N5OS. The zero-order valence-electron chi connectivity index (χ0n) is 13.5. The largest absolute Gasteiger partial charge is 0.349 e. The molecule has 0 unspecified atom stereocenters. The lowest BCUT2D eigenvalue weighted by Gasteiger charge is -2.23. The number of hydrogen-bond donors (Lipinski definition) is 1. The van der Waals surface area contributed by atoms with Gasteiger partial charge in [0.15, 0.2) is 0 Å². The van der Waals surface area contributed by atoms with Crippen molar-refractivity contribution in [1.82, 2.24) is 15.2 Å². The summed E-state index contributed by atoms with van der Waals surface area (Å²) < 4.78 is 0. The minimum absolute atomic E-state index is 0.225. The average Bonchev–Trinajstić information content (AvgIpc) is 3.37. The van der Waals surface area contributed by atoms with Crippen LogP contribution >= 0.6 is 11.3 Å². The lowest BCUT2D eigenvalue weighted by Crippen LogP contribution is -2.26. The summed E-state index contributed by atoms with van der Waals surface area (Å²) in [6.45, 7) is 0.828. The molecule has 1 aliphatic carbocycles. The minimum Gasteiger partial charge on any atom is -0.349 e. The molecule has 0 aliphatic heterocycles. The number of aromatic nitrogens is 3. The van der Waals surface area contributed by atoms with E-state index in [0.29, 0.717) is 16.7 Å². The molecule has 4 rings (SSSR count). The molecule has 25 heavy (non-hydrogen) atoms. The first kappa shape index (κ1) is 15.7. The van der Waals surface area contributed by atoms with Gasteiger partial charge in [0.1, 0.15) is 11.3 Å². The summed E-state index contributed by atoms with van der Waals surface area (Å²) in [5.41, 5.74) is 3.34. The Balaban J connectivity index is 1.48. The maximum atomic E-state index is 12.2. The van der Waals surface area contributed by atoms with Crippen molar-refractivity contribution in [3.05, 3.63) is 65.3 Å². The molecule has 1 saturated carbocycles. The highest BCUT2D eigenvalue weighted by Gasteiger charge is 2.30. The van der Waals surface area contributed by atoms with Gasteiger partial charge in [0.25, 0.3) is 5.91 Å². The van der Waals surface area contributed by atoms with Crippen LogP contribution in [0, 0.1) is 0 Å². The average molecular weight is 351 g/mol. The van der Waals surface area contributed by atoms with Crippen molar-refractivity contribution in [2.75, 3.05) is 10.2 Å². The maximum Gasteiger partial charge on any atom is 0.259 e. The summed E-state index contributed by atoms with van der Waals surface area (Å²) in [6.07, 6.45) is 3.99. The molecule has 6 nitrogen and oxygen atoms in total. The second-order valence-electron chi connectivity index (χ2n) is 5.95. The molecular weight excluding hydrogens is 334 g/mol. The molecule has 1 aromatic carbocycles. The third-order valence-corrected chi connectivity index (χ3v) is 4.67. The summed E-state index contributed by atoms with van der Waals surface area (Å²) in [7, 11) is 0. The number of amides is 1. The van der Waals surface area contributed by atoms with Crippen LogP contribution in [0.1, 0.15) is 28.8 Å². The van der Waals surface area contributed by atoms with Crippen LogP contribution in [-0.2, 0) is 6.54 Å². The standard InChI is InChI=1S/C18H17N5OS/c24-17(21-18-22-20-12-25-18)14-6-9-16(19-10-14)23(15-7-8-15)11-13-4-2-1-3-5-13/h1-6,9-10,12,15H,7-8,11H2,(H,21,22,24). The van der Waals surface area contributed by atoms with Crippen LogP contribution < -0.4 is 10.2 Å². The first-order chi connectivity index (χ1) is 12.3. The molecule has 1 aliphatic rings. The Morgan fingerprint density at radius 1 is 1.20 bits per heavy atom. The molecule has 1 N–H and O–H groups in total. The Kier molecular flexibility index (Phi) is 4.39. The normalized spacial score (nSPS) is 13.4. The van der Waals surface area contributed by atoms with Crippen LogP contribution in [0.15, 0.2) is 54.2 Å². The van der Waals surface area contributed by atoms with E-state index < -0.39 is 0 Å². The smallest absolute Gasteiger partial charge is 0.259 e. The van der Waals surface area contributed by atoms with Gasteiger partial charge in [0.2, 0.25) is 5.13 Å². The number of benzene rings is 1. The monoisotopic (exact) mass is 351 g/mol. The van der Waals surface area contributed by atoms with Crippen molar-refractivity contribution >= 4 is 28.2 Å². The highest BCUT2D eigenvalue weighted by molar-refractivity contribution is 7.13. The summed E-state index contributed by atoms with van der Waals surface area (Å²) in [5.74, 6) is 0.677. The highest BCUT2D eigenvalue weighted by atomic mass is 32.1. The first-order valence-electron chi connectivity index (χ1n) is 8.14. The van der Waals surface area contributed by atoms with E-state index in [1.54, 1.807) is 17.8 Å². The fourth-order valence-corrected chi connectivity index (χ4v) is 3.09. The molecule has 0 atom stereocenters. The van der Waals surface area contributed by atoms with E-state index in [9.17, 15) is 4.79 Å². The lowest BCUT2D eigenvalue weighted by atomic mass is 10.2. The molecule has 0 saturated heterocycles. The van der Waals surface area contributed by atoms with Crippen molar-refractivity contribution in [2.45, 2.75) is 25.4 Å². The van der Waals surface area contributed by atoms with E-state index in [2.05, 4.69) is 49.7 Å². The second-order valence-corrected chi connectivity index (χ2v) is 6.78. The van der Waals surface area contributed by atoms with Crippen molar-refractivity contribution in [1.29, 1.82) is 0 Å². The van der Waals surface area contributed by atoms with Crippen LogP contribution in [-0.4, -0.2) is 27.1 Å². The van der Waals surface area contributed by atoms with Crippen LogP contribution in [0.5, 0.6) is 0 Å². The first-order valence-corrected chi connectivity index (χ1v) is 9.02. The fourth-order valence-electron chi connectivity index (χ4n) is 2.65. The van der Waals surface area contributed by atoms with E-state index in [-0.39, 0.29) is 5.91 Å². The van der Waals surface area contributed by atoms with Crippen molar-refractivity contribution < 1.29 is 4.79 Å². The number of nitrogens with one attached hydrogen (secondary N) is 1. The molecule has 126 valence electrons. The maximum absolute atomic E-state index is 12.2. The Hall–Kier alpha value is -2.80. The molecule has 7 heteroatoms. The van der Waals surface area contributed by atoms with Crippen molar-refractivity contribution in [3.8, 4) is 0 Å². The van der Waals surface area contributed by atoms with Gasteiger partial charge in [-0.1, -0.05) is 41.7 Å². The summed E-state index contributed by atoms with van der Waals surface area (Å²) in [4.78, 5) is 19.0. The van der Waals surface area contributed by atoms with E-state index in [0.717, 1.165) is 12.4 Å². The number of pyridine rings is 1. The zero-order valence-corrected chi connectivity index (χ0v) is 14.3. The second kappa shape index (κ2) is 6.98. The Morgan fingerprint density at radius 3 is 2.68 bits per heavy atom. The van der Waals surface area contributed by atoms with Gasteiger partial charge in [-0.3, -0.25) is 10.1 Å². The summed E-state index contributed by atoms with van der Waals surface area (Å²) in [5, 5.41) is 10.7. The summed E-state index contributed by atoms with van der Waals surface area (Å²) in [6, 6.07) is 14.6. The molecule has 0 radical (unpaired) electrons. The molecule has 0 bridgehead atoms. The van der Waals surface area contributed by atoms with Gasteiger partial charge in [-0.05, 0) is 30.5 Å². The SMILES string of the molecule is O=C(Nc1nncs1)c1ccc(N(Cc2ccccc2)C2CC2)nc1. The van der Waals surface area contributed by atoms with E-state index in [1.165, 1.54) is 29.7 Å². The van der Waals surface area contributed by atoms with Crippen molar-refractivity contribution in [2.24, 2.45) is 0 Å². The van der Waals surface area contributed by atoms with Gasteiger partial charge in [0.05, 0.1) is 5.56 Å². The predicted octanol–water partition coefficient (Wildman–Crippen LogP) is 3.35. The van der Waals surface area contributed by atoms with Gasteiger partial charge >= 0.3 is 0 Å². The number of carbonyl (C=O) groups is 1. The number of hydrogen-bond acceptors (Lipinski definition) is 6. The topological polar surface area (TPSA) is 71.0 Å². The number of nitrogens with zero attached hydrogens (tertiary/aromatic N) is 4. The zero-order chi connectivity index (χ0) is 17.1. The molecule has 3 aromatic rings. The van der Waals surface area contributed by atoms with E-state index >= 15 is 0 Å². The van der Waals surface area contributed by atoms with Crippen LogP contribution in [0.3, 0.4) is 0 Å². The lowest BCUT2D eigenvalue weighted by molar-refractivity contribution is 0.102. The molecule has 1 amide bonds. The number of rotatable bonds is 6. The van der Waals surface area contributed by atoms with Crippen LogP contribution in [0.25, 0.3) is 0 Å². The van der Waals surface area contributed by atoms with Crippen LogP contribution in [0.2, 0.25) is 0 Å². The Morgan fingerprint density at radius 2 is 2.04 bits per heavy atom. The van der Waals surface area contributed by atoms with E-state index in [4.69, 9.17) is 0 Å². The number of carbonyl (C=O) groups excluding carboxylic acids is 1. The van der Waals surface area contributed by atoms with Gasteiger partial charge in [0, 0.05) is 18.8 Å². The van der Waals surface area contributed by atoms with Gasteiger partial charge in [-0.2, -0.15) is 0 Å². The highest BCUT2D eigenvalue weighted by Crippen LogP contribution is 2.32. The van der Waals surface area contributed by atoms with Gasteiger partial charge in [-0.15, -0.1) is 10.2 Å².